The van der Waals surface area contributed by atoms with Crippen LogP contribution in [0.5, 0.6) is 0 Å². The minimum atomic E-state index is -0.480. The molecule has 1 N–H and O–H groups in total. The van der Waals surface area contributed by atoms with Crippen molar-refractivity contribution in [3.8, 4) is 0 Å². The van der Waals surface area contributed by atoms with Crippen molar-refractivity contribution in [2.24, 2.45) is 0 Å². The van der Waals surface area contributed by atoms with Crippen molar-refractivity contribution in [1.29, 1.82) is 0 Å². The molecule has 0 unspecified atom stereocenters. The molecule has 1 heterocycles. The fourth-order valence-corrected chi connectivity index (χ4v) is 4.03. The number of rotatable bonds is 8. The summed E-state index contributed by atoms with van der Waals surface area (Å²) in [4.78, 5) is 23.4. The second-order valence-electron chi connectivity index (χ2n) is 6.88. The third kappa shape index (κ3) is 5.04. The van der Waals surface area contributed by atoms with Crippen LogP contribution in [0.1, 0.15) is 29.4 Å². The number of hydrogen-bond acceptors (Lipinski definition) is 6. The molecule has 1 amide bonds. The third-order valence-corrected chi connectivity index (χ3v) is 5.53. The Labute approximate surface area is 178 Å². The SMILES string of the molecule is CCn1c(Cc2ccccc2)nnc1SCC(=O)Nc1c(C)cc(C)cc1[N+](=O)[O-]. The van der Waals surface area contributed by atoms with Crippen LogP contribution in [0.4, 0.5) is 11.4 Å². The number of nitro benzene ring substituents is 1. The zero-order valence-corrected chi connectivity index (χ0v) is 17.9. The molecule has 0 aliphatic heterocycles. The predicted molar refractivity (Wildman–Crippen MR) is 117 cm³/mol. The first-order valence-corrected chi connectivity index (χ1v) is 10.5. The number of thioether (sulfide) groups is 1. The summed E-state index contributed by atoms with van der Waals surface area (Å²) in [5.41, 5.74) is 2.69. The molecule has 0 saturated carbocycles. The van der Waals surface area contributed by atoms with E-state index in [9.17, 15) is 14.9 Å². The number of carbonyl (C=O) groups is 1. The van der Waals surface area contributed by atoms with E-state index in [1.807, 2.05) is 41.8 Å². The van der Waals surface area contributed by atoms with Crippen LogP contribution in [-0.2, 0) is 17.8 Å². The highest BCUT2D eigenvalue weighted by atomic mass is 32.2. The van der Waals surface area contributed by atoms with Crippen LogP contribution >= 0.6 is 11.8 Å². The molecule has 1 aromatic heterocycles. The monoisotopic (exact) mass is 425 g/mol. The predicted octanol–water partition coefficient (Wildman–Crippen LogP) is 4.14. The summed E-state index contributed by atoms with van der Waals surface area (Å²) in [7, 11) is 0. The van der Waals surface area contributed by atoms with Gasteiger partial charge in [0.1, 0.15) is 11.5 Å². The van der Waals surface area contributed by atoms with E-state index >= 15 is 0 Å². The summed E-state index contributed by atoms with van der Waals surface area (Å²) in [5, 5.41) is 23.2. The van der Waals surface area contributed by atoms with Gasteiger partial charge < -0.3 is 9.88 Å². The van der Waals surface area contributed by atoms with Gasteiger partial charge in [0.05, 0.1) is 10.7 Å². The molecule has 0 aliphatic carbocycles. The second kappa shape index (κ2) is 9.53. The quantitative estimate of drug-likeness (QED) is 0.330. The topological polar surface area (TPSA) is 103 Å². The minimum Gasteiger partial charge on any atom is -0.319 e. The van der Waals surface area contributed by atoms with Crippen molar-refractivity contribution in [2.75, 3.05) is 11.1 Å². The van der Waals surface area contributed by atoms with E-state index < -0.39 is 4.92 Å². The van der Waals surface area contributed by atoms with Crippen LogP contribution in [-0.4, -0.2) is 31.3 Å². The molecule has 2 aromatic carbocycles. The molecule has 30 heavy (non-hydrogen) atoms. The molecule has 156 valence electrons. The van der Waals surface area contributed by atoms with Crippen LogP contribution in [0.25, 0.3) is 0 Å². The normalized spacial score (nSPS) is 10.8. The maximum atomic E-state index is 12.5. The number of benzene rings is 2. The van der Waals surface area contributed by atoms with Crippen molar-refractivity contribution in [1.82, 2.24) is 14.8 Å². The molecule has 3 rings (SSSR count). The van der Waals surface area contributed by atoms with Gasteiger partial charge in [-0.15, -0.1) is 10.2 Å². The van der Waals surface area contributed by atoms with E-state index in [-0.39, 0.29) is 23.0 Å². The van der Waals surface area contributed by atoms with Crippen molar-refractivity contribution < 1.29 is 9.72 Å². The second-order valence-corrected chi connectivity index (χ2v) is 7.82. The van der Waals surface area contributed by atoms with Gasteiger partial charge in [-0.1, -0.05) is 48.2 Å². The Morgan fingerprint density at radius 3 is 2.60 bits per heavy atom. The van der Waals surface area contributed by atoms with E-state index in [4.69, 9.17) is 0 Å². The summed E-state index contributed by atoms with van der Waals surface area (Å²) in [6.07, 6.45) is 0.656. The molecule has 9 heteroatoms. The van der Waals surface area contributed by atoms with Gasteiger partial charge >= 0.3 is 0 Å². The Balaban J connectivity index is 1.69. The number of nitrogens with zero attached hydrogens (tertiary/aromatic N) is 4. The molecular weight excluding hydrogens is 402 g/mol. The summed E-state index contributed by atoms with van der Waals surface area (Å²) in [6, 6.07) is 13.3. The van der Waals surface area contributed by atoms with Crippen molar-refractivity contribution in [3.63, 3.8) is 0 Å². The van der Waals surface area contributed by atoms with E-state index in [0.717, 1.165) is 17.0 Å². The van der Waals surface area contributed by atoms with Gasteiger partial charge in [0, 0.05) is 19.0 Å². The van der Waals surface area contributed by atoms with Gasteiger partial charge in [-0.05, 0) is 37.5 Å². The highest BCUT2D eigenvalue weighted by Gasteiger charge is 2.20. The summed E-state index contributed by atoms with van der Waals surface area (Å²) in [6.45, 7) is 6.21. The number of aryl methyl sites for hydroxylation is 2. The molecule has 8 nitrogen and oxygen atoms in total. The average Bonchev–Trinajstić information content (AvgIpc) is 3.10. The van der Waals surface area contributed by atoms with E-state index in [2.05, 4.69) is 15.5 Å². The molecule has 0 atom stereocenters. The van der Waals surface area contributed by atoms with Gasteiger partial charge in [-0.25, -0.2) is 0 Å². The highest BCUT2D eigenvalue weighted by molar-refractivity contribution is 7.99. The van der Waals surface area contributed by atoms with Gasteiger partial charge in [-0.3, -0.25) is 14.9 Å². The van der Waals surface area contributed by atoms with Crippen LogP contribution in [0.2, 0.25) is 0 Å². The zero-order valence-electron chi connectivity index (χ0n) is 17.1. The number of nitro groups is 1. The number of anilines is 1. The number of aromatic nitrogens is 3. The summed E-state index contributed by atoms with van der Waals surface area (Å²) in [5.74, 6) is 0.579. The van der Waals surface area contributed by atoms with Crippen LogP contribution in [0, 0.1) is 24.0 Å². The molecule has 0 saturated heterocycles. The van der Waals surface area contributed by atoms with Crippen molar-refractivity contribution >= 4 is 29.0 Å². The first kappa shape index (κ1) is 21.5. The number of amides is 1. The third-order valence-electron chi connectivity index (χ3n) is 4.57. The molecule has 0 spiro atoms. The smallest absolute Gasteiger partial charge is 0.293 e. The molecule has 0 bridgehead atoms. The lowest BCUT2D eigenvalue weighted by molar-refractivity contribution is -0.384. The number of hydrogen-bond donors (Lipinski definition) is 1. The lowest BCUT2D eigenvalue weighted by Crippen LogP contribution is -2.17. The van der Waals surface area contributed by atoms with Gasteiger partial charge in [0.25, 0.3) is 5.69 Å². The van der Waals surface area contributed by atoms with Gasteiger partial charge in [0.15, 0.2) is 5.16 Å². The average molecular weight is 426 g/mol. The highest BCUT2D eigenvalue weighted by Crippen LogP contribution is 2.30. The Morgan fingerprint density at radius 1 is 1.20 bits per heavy atom. The van der Waals surface area contributed by atoms with Crippen molar-refractivity contribution in [3.05, 3.63) is 75.1 Å². The first-order chi connectivity index (χ1) is 14.4. The summed E-state index contributed by atoms with van der Waals surface area (Å²) < 4.78 is 1.98. The Kier molecular flexibility index (Phi) is 6.83. The Bertz CT molecular complexity index is 1070. The maximum absolute atomic E-state index is 12.5. The molecule has 0 aliphatic rings. The number of carbonyl (C=O) groups excluding carboxylic acids is 1. The van der Waals surface area contributed by atoms with Crippen LogP contribution in [0.3, 0.4) is 0 Å². The van der Waals surface area contributed by atoms with Crippen LogP contribution in [0.15, 0.2) is 47.6 Å². The van der Waals surface area contributed by atoms with E-state index in [1.54, 1.807) is 19.9 Å². The van der Waals surface area contributed by atoms with Gasteiger partial charge in [-0.2, -0.15) is 0 Å². The van der Waals surface area contributed by atoms with E-state index in [1.165, 1.54) is 17.8 Å². The molecule has 3 aromatic rings. The first-order valence-electron chi connectivity index (χ1n) is 9.53. The summed E-state index contributed by atoms with van der Waals surface area (Å²) >= 11 is 1.26. The van der Waals surface area contributed by atoms with E-state index in [0.29, 0.717) is 23.7 Å². The number of nitrogens with one attached hydrogen (secondary N) is 1. The minimum absolute atomic E-state index is 0.0773. The lowest BCUT2D eigenvalue weighted by Gasteiger charge is -2.10. The fraction of sp³-hybridized carbons (Fsp3) is 0.286. The molecule has 0 fully saturated rings. The zero-order chi connectivity index (χ0) is 21.7. The standard InChI is InChI=1S/C21H23N5O3S/c1-4-25-18(12-16-8-6-5-7-9-16)23-24-21(25)30-13-19(27)22-20-15(3)10-14(2)11-17(20)26(28)29/h5-11H,4,12-13H2,1-3H3,(H,22,27). The molecule has 0 radical (unpaired) electrons. The fourth-order valence-electron chi connectivity index (χ4n) is 3.21. The van der Waals surface area contributed by atoms with Crippen LogP contribution < -0.4 is 5.32 Å². The maximum Gasteiger partial charge on any atom is 0.293 e. The van der Waals surface area contributed by atoms with Gasteiger partial charge in [0.2, 0.25) is 5.91 Å². The lowest BCUT2D eigenvalue weighted by atomic mass is 10.1. The Hall–Kier alpha value is -3.20. The largest absolute Gasteiger partial charge is 0.319 e. The molecular formula is C21H23N5O3S. The Morgan fingerprint density at radius 2 is 1.93 bits per heavy atom. The van der Waals surface area contributed by atoms with Crippen molar-refractivity contribution in [2.45, 2.75) is 38.9 Å².